The minimum Gasteiger partial charge on any atom is -0.506 e. The Bertz CT molecular complexity index is 1390. The lowest BCUT2D eigenvalue weighted by atomic mass is 10.1. The van der Waals surface area contributed by atoms with Crippen molar-refractivity contribution in [1.82, 2.24) is 9.55 Å². The Kier molecular flexibility index (Phi) is 5.77. The average Bonchev–Trinajstić information content (AvgIpc) is 2.74. The number of anilines is 1. The van der Waals surface area contributed by atoms with E-state index < -0.39 is 15.6 Å². The number of amidine groups is 1. The molecule has 0 saturated heterocycles. The number of rotatable bonds is 6. The number of fused-ring (bicyclic) bond motifs is 2. The number of aromatic hydroxyl groups is 1. The van der Waals surface area contributed by atoms with E-state index >= 15 is 0 Å². The van der Waals surface area contributed by atoms with E-state index in [9.17, 15) is 18.3 Å². The van der Waals surface area contributed by atoms with Crippen LogP contribution in [-0.2, 0) is 23.0 Å². The van der Waals surface area contributed by atoms with E-state index in [1.54, 1.807) is 36.5 Å². The van der Waals surface area contributed by atoms with Gasteiger partial charge in [0.15, 0.2) is 5.84 Å². The second kappa shape index (κ2) is 8.38. The summed E-state index contributed by atoms with van der Waals surface area (Å²) in [5.74, 6) is -0.214. The molecule has 4 rings (SSSR count). The number of nitrogens with one attached hydrogen (secondary N) is 1. The van der Waals surface area contributed by atoms with Gasteiger partial charge in [0.2, 0.25) is 0 Å². The molecule has 0 atom stereocenters. The number of aromatic nitrogens is 2. The van der Waals surface area contributed by atoms with E-state index in [2.05, 4.69) is 21.6 Å². The lowest BCUT2D eigenvalue weighted by molar-refractivity contribution is 0.473. The molecule has 167 valence electrons. The van der Waals surface area contributed by atoms with Crippen LogP contribution < -0.4 is 10.9 Å². The van der Waals surface area contributed by atoms with Crippen LogP contribution in [0.3, 0.4) is 0 Å². The molecule has 1 aliphatic heterocycles. The van der Waals surface area contributed by atoms with Crippen LogP contribution in [0.5, 0.6) is 5.75 Å². The number of hydrogen-bond donors (Lipinski definition) is 2. The zero-order valence-corrected chi connectivity index (χ0v) is 18.8. The van der Waals surface area contributed by atoms with Gasteiger partial charge in [0, 0.05) is 12.7 Å². The third kappa shape index (κ3) is 3.88. The van der Waals surface area contributed by atoms with Gasteiger partial charge in [-0.25, -0.2) is 4.98 Å². The molecule has 0 saturated carbocycles. The quantitative estimate of drug-likeness (QED) is 0.591. The highest BCUT2D eigenvalue weighted by Crippen LogP contribution is 2.32. The normalized spacial score (nSPS) is 14.8. The largest absolute Gasteiger partial charge is 0.506 e. The van der Waals surface area contributed by atoms with Crippen molar-refractivity contribution in [2.24, 2.45) is 10.3 Å². The van der Waals surface area contributed by atoms with E-state index in [0.717, 1.165) is 5.56 Å². The van der Waals surface area contributed by atoms with Crippen molar-refractivity contribution in [2.75, 3.05) is 5.32 Å². The second-order valence-electron chi connectivity index (χ2n) is 8.21. The predicted octanol–water partition coefficient (Wildman–Crippen LogP) is 3.48. The summed E-state index contributed by atoms with van der Waals surface area (Å²) in [7, 11) is -4.08. The van der Waals surface area contributed by atoms with Crippen molar-refractivity contribution in [3.8, 4) is 5.75 Å². The van der Waals surface area contributed by atoms with Gasteiger partial charge < -0.3 is 10.4 Å². The number of nitrogens with zero attached hydrogens (tertiary/aromatic N) is 3. The Labute approximate surface area is 186 Å². The molecule has 2 aromatic heterocycles. The fourth-order valence-corrected chi connectivity index (χ4v) is 4.92. The van der Waals surface area contributed by atoms with Crippen molar-refractivity contribution in [2.45, 2.75) is 44.6 Å². The summed E-state index contributed by atoms with van der Waals surface area (Å²) in [6, 6.07) is 8.30. The molecule has 1 aliphatic rings. The standard InChI is InChI=1S/C23H25N4O4S/c1-4-6-15-8-9-17-18(13-15)32(30,31)26-21(25-17)19-20(28)16-7-5-11-24-22(16)27(23(19)29)12-10-14(2)3/h5,7-9,11,13-14,28H,1,4,6,10,12H2,2-3H3,(H,25,26). The Hall–Kier alpha value is -3.20. The summed E-state index contributed by atoms with van der Waals surface area (Å²) in [5.41, 5.74) is 0.746. The first-order valence-corrected chi connectivity index (χ1v) is 11.9. The molecule has 0 fully saturated rings. The van der Waals surface area contributed by atoms with Crippen LogP contribution >= 0.6 is 0 Å². The van der Waals surface area contributed by atoms with Crippen molar-refractivity contribution in [3.63, 3.8) is 0 Å². The summed E-state index contributed by atoms with van der Waals surface area (Å²) in [4.78, 5) is 17.7. The van der Waals surface area contributed by atoms with E-state index in [0.29, 0.717) is 48.4 Å². The molecule has 32 heavy (non-hydrogen) atoms. The first kappa shape index (κ1) is 22.0. The molecule has 8 nitrogen and oxygen atoms in total. The molecular weight excluding hydrogens is 428 g/mol. The molecule has 0 aliphatic carbocycles. The average molecular weight is 454 g/mol. The smallest absolute Gasteiger partial charge is 0.286 e. The number of hydrogen-bond acceptors (Lipinski definition) is 6. The molecule has 0 bridgehead atoms. The van der Waals surface area contributed by atoms with E-state index in [1.807, 2.05) is 13.8 Å². The zero-order chi connectivity index (χ0) is 23.0. The molecule has 3 heterocycles. The summed E-state index contributed by atoms with van der Waals surface area (Å²) in [5, 5.41) is 14.2. The number of pyridine rings is 2. The predicted molar refractivity (Wildman–Crippen MR) is 125 cm³/mol. The summed E-state index contributed by atoms with van der Waals surface area (Å²) in [6.45, 7) is 8.26. The Balaban J connectivity index is 1.91. The lowest BCUT2D eigenvalue weighted by Crippen LogP contribution is -2.33. The SMILES string of the molecule is [CH2]CCc1ccc2c(c1)S(=O)(=O)N=C(c1c(O)c3cccnc3n(CCC(C)C)c1=O)N2. The maximum absolute atomic E-state index is 13.4. The van der Waals surface area contributed by atoms with Gasteiger partial charge in [-0.15, -0.1) is 4.40 Å². The van der Waals surface area contributed by atoms with Crippen LogP contribution in [0.2, 0.25) is 0 Å². The van der Waals surface area contributed by atoms with Gasteiger partial charge in [0.05, 0.1) is 11.1 Å². The number of aryl methyl sites for hydroxylation is 2. The summed E-state index contributed by atoms with van der Waals surface area (Å²) in [6.07, 6.45) is 3.53. The fraction of sp³-hybridized carbons (Fsp3) is 0.304. The molecule has 9 heteroatoms. The second-order valence-corrected chi connectivity index (χ2v) is 9.78. The van der Waals surface area contributed by atoms with Crippen LogP contribution in [0.1, 0.15) is 37.8 Å². The van der Waals surface area contributed by atoms with Crippen LogP contribution in [0.4, 0.5) is 5.69 Å². The number of benzene rings is 1. The van der Waals surface area contributed by atoms with Crippen molar-refractivity contribution < 1.29 is 13.5 Å². The van der Waals surface area contributed by atoms with Crippen LogP contribution in [0.25, 0.3) is 11.0 Å². The van der Waals surface area contributed by atoms with Gasteiger partial charge in [-0.3, -0.25) is 9.36 Å². The molecule has 3 aromatic rings. The Morgan fingerprint density at radius 1 is 1.25 bits per heavy atom. The minimum atomic E-state index is -4.08. The third-order valence-corrected chi connectivity index (χ3v) is 6.73. The third-order valence-electron chi connectivity index (χ3n) is 5.41. The Morgan fingerprint density at radius 2 is 2.03 bits per heavy atom. The van der Waals surface area contributed by atoms with E-state index in [4.69, 9.17) is 0 Å². The van der Waals surface area contributed by atoms with Crippen LogP contribution in [-0.4, -0.2) is 28.9 Å². The van der Waals surface area contributed by atoms with Crippen molar-refractivity contribution in [3.05, 3.63) is 64.9 Å². The molecular formula is C23H25N4O4S. The maximum atomic E-state index is 13.4. The first-order valence-electron chi connectivity index (χ1n) is 10.5. The van der Waals surface area contributed by atoms with E-state index in [-0.39, 0.29) is 22.0 Å². The fourth-order valence-electron chi connectivity index (χ4n) is 3.74. The van der Waals surface area contributed by atoms with Gasteiger partial charge in [-0.2, -0.15) is 8.42 Å². The van der Waals surface area contributed by atoms with Crippen LogP contribution in [0.15, 0.2) is 50.6 Å². The maximum Gasteiger partial charge on any atom is 0.286 e. The zero-order valence-electron chi connectivity index (χ0n) is 18.0. The summed E-state index contributed by atoms with van der Waals surface area (Å²) >= 11 is 0. The molecule has 1 radical (unpaired) electrons. The van der Waals surface area contributed by atoms with Crippen LogP contribution in [0, 0.1) is 12.8 Å². The molecule has 0 unspecified atom stereocenters. The van der Waals surface area contributed by atoms with Gasteiger partial charge in [-0.05, 0) is 55.0 Å². The van der Waals surface area contributed by atoms with E-state index in [1.165, 1.54) is 4.57 Å². The van der Waals surface area contributed by atoms with Crippen molar-refractivity contribution in [1.29, 1.82) is 0 Å². The highest BCUT2D eigenvalue weighted by atomic mass is 32.2. The molecule has 2 N–H and O–H groups in total. The van der Waals surface area contributed by atoms with Crippen molar-refractivity contribution >= 4 is 32.6 Å². The van der Waals surface area contributed by atoms with Gasteiger partial charge >= 0.3 is 0 Å². The number of sulfonamides is 1. The van der Waals surface area contributed by atoms with Gasteiger partial charge in [-0.1, -0.05) is 26.8 Å². The molecule has 1 aromatic carbocycles. The highest BCUT2D eigenvalue weighted by Gasteiger charge is 2.30. The first-order chi connectivity index (χ1) is 15.2. The minimum absolute atomic E-state index is 0.0364. The van der Waals surface area contributed by atoms with Gasteiger partial charge in [0.25, 0.3) is 15.6 Å². The van der Waals surface area contributed by atoms with Gasteiger partial charge in [0.1, 0.15) is 21.9 Å². The highest BCUT2D eigenvalue weighted by molar-refractivity contribution is 7.90. The molecule has 0 amide bonds. The summed E-state index contributed by atoms with van der Waals surface area (Å²) < 4.78 is 31.2. The topological polar surface area (TPSA) is 114 Å². The Morgan fingerprint density at radius 3 is 2.75 bits per heavy atom. The molecule has 0 spiro atoms. The lowest BCUT2D eigenvalue weighted by Gasteiger charge is -2.21. The monoisotopic (exact) mass is 453 g/mol.